The molecule has 2 rings (SSSR count). The summed E-state index contributed by atoms with van der Waals surface area (Å²) in [7, 11) is 0. The first-order chi connectivity index (χ1) is 15.2. The number of primary amides is 1. The first-order valence-corrected chi connectivity index (χ1v) is 11.6. The second kappa shape index (κ2) is 15.5. The van der Waals surface area contributed by atoms with Crippen molar-refractivity contribution in [2.45, 2.75) is 58.7 Å². The van der Waals surface area contributed by atoms with Gasteiger partial charge in [-0.2, -0.15) is 0 Å². The predicted octanol–water partition coefficient (Wildman–Crippen LogP) is 3.22. The van der Waals surface area contributed by atoms with Crippen LogP contribution in [-0.4, -0.2) is 42.0 Å². The maximum atomic E-state index is 11.5. The molecule has 0 radical (unpaired) electrons. The molecule has 0 aliphatic carbocycles. The minimum atomic E-state index is -0.282. The molecule has 0 saturated heterocycles. The van der Waals surface area contributed by atoms with Crippen molar-refractivity contribution in [3.05, 3.63) is 65.5 Å². The summed E-state index contributed by atoms with van der Waals surface area (Å²) >= 11 is 0. The molecule has 6 heteroatoms. The minimum Gasteiger partial charge on any atom is -0.369 e. The van der Waals surface area contributed by atoms with E-state index in [9.17, 15) is 4.79 Å². The molecule has 1 heterocycles. The fourth-order valence-electron chi connectivity index (χ4n) is 3.51. The normalized spacial score (nSPS) is 11.2. The Morgan fingerprint density at radius 1 is 0.935 bits per heavy atom. The fourth-order valence-corrected chi connectivity index (χ4v) is 3.51. The Morgan fingerprint density at radius 2 is 1.71 bits per heavy atom. The van der Waals surface area contributed by atoms with E-state index in [1.54, 1.807) is 0 Å². The van der Waals surface area contributed by atoms with Crippen LogP contribution in [0.2, 0.25) is 0 Å². The van der Waals surface area contributed by atoms with Gasteiger partial charge in [0.15, 0.2) is 0 Å². The number of rotatable bonds is 17. The summed E-state index contributed by atoms with van der Waals surface area (Å²) in [5.41, 5.74) is 8.91. The van der Waals surface area contributed by atoms with Crippen molar-refractivity contribution in [3.63, 3.8) is 0 Å². The number of carbonyl (C=O) groups excluding carboxylic acids is 1. The average Bonchev–Trinajstić information content (AvgIpc) is 2.77. The number of nitrogens with one attached hydrogen (secondary N) is 2. The summed E-state index contributed by atoms with van der Waals surface area (Å²) in [5, 5.41) is 6.91. The monoisotopic (exact) mass is 425 g/mol. The highest BCUT2D eigenvalue weighted by Gasteiger charge is 2.09. The molecule has 1 amide bonds. The lowest BCUT2D eigenvalue weighted by Gasteiger charge is -2.21. The summed E-state index contributed by atoms with van der Waals surface area (Å²) in [6.45, 7) is 7.51. The number of nitrogens with two attached hydrogens (primary N) is 1. The van der Waals surface area contributed by atoms with Crippen molar-refractivity contribution in [3.8, 4) is 0 Å². The second-order valence-corrected chi connectivity index (χ2v) is 8.08. The Morgan fingerprint density at radius 3 is 2.42 bits per heavy atom. The number of hydrogen-bond donors (Lipinski definition) is 3. The molecule has 0 saturated carbocycles. The zero-order chi connectivity index (χ0) is 22.2. The topological polar surface area (TPSA) is 83.3 Å². The molecule has 0 bridgehead atoms. The molecule has 0 fully saturated rings. The molecular weight excluding hydrogens is 386 g/mol. The van der Waals surface area contributed by atoms with Crippen LogP contribution in [0, 0.1) is 0 Å². The van der Waals surface area contributed by atoms with Crippen LogP contribution in [0.15, 0.2) is 48.7 Å². The molecule has 4 N–H and O–H groups in total. The average molecular weight is 426 g/mol. The van der Waals surface area contributed by atoms with Gasteiger partial charge in [0.05, 0.1) is 12.2 Å². The molecule has 170 valence electrons. The highest BCUT2D eigenvalue weighted by Crippen LogP contribution is 2.08. The molecule has 2 aromatic rings. The van der Waals surface area contributed by atoms with Gasteiger partial charge in [0, 0.05) is 38.9 Å². The standard InChI is InChI=1S/C25H39N5O/c1-2-3-4-5-7-14-27-16-17-30(21-25(26)31)20-23-12-10-22(11-13-23)18-28-19-24-9-6-8-15-29-24/h6,8-13,15,27-28H,2-5,7,14,16-21H2,1H3,(H2,26,31). The Hall–Kier alpha value is -2.28. The van der Waals surface area contributed by atoms with Gasteiger partial charge in [0.25, 0.3) is 0 Å². The van der Waals surface area contributed by atoms with E-state index in [0.29, 0.717) is 0 Å². The highest BCUT2D eigenvalue weighted by molar-refractivity contribution is 5.75. The maximum Gasteiger partial charge on any atom is 0.231 e. The SMILES string of the molecule is CCCCCCCNCCN(CC(N)=O)Cc1ccc(CNCc2ccccn2)cc1. The van der Waals surface area contributed by atoms with E-state index in [4.69, 9.17) is 5.73 Å². The number of unbranched alkanes of at least 4 members (excludes halogenated alkanes) is 4. The lowest BCUT2D eigenvalue weighted by atomic mass is 10.1. The van der Waals surface area contributed by atoms with E-state index < -0.39 is 0 Å². The van der Waals surface area contributed by atoms with Crippen LogP contribution in [0.5, 0.6) is 0 Å². The third kappa shape index (κ3) is 11.6. The Balaban J connectivity index is 1.70. The molecule has 0 atom stereocenters. The Bertz CT molecular complexity index is 720. The first-order valence-electron chi connectivity index (χ1n) is 11.6. The van der Waals surface area contributed by atoms with Gasteiger partial charge in [-0.05, 0) is 36.2 Å². The van der Waals surface area contributed by atoms with Gasteiger partial charge in [-0.3, -0.25) is 14.7 Å². The Labute approximate surface area is 187 Å². The van der Waals surface area contributed by atoms with Gasteiger partial charge in [0.2, 0.25) is 5.91 Å². The molecule has 6 nitrogen and oxygen atoms in total. The zero-order valence-corrected chi connectivity index (χ0v) is 19.0. The predicted molar refractivity (Wildman–Crippen MR) is 127 cm³/mol. The summed E-state index contributed by atoms with van der Waals surface area (Å²) in [6.07, 6.45) is 8.23. The molecule has 1 aromatic carbocycles. The first kappa shape index (κ1) is 25.0. The van der Waals surface area contributed by atoms with Crippen LogP contribution in [-0.2, 0) is 24.4 Å². The van der Waals surface area contributed by atoms with Crippen LogP contribution in [0.4, 0.5) is 0 Å². The van der Waals surface area contributed by atoms with Crippen LogP contribution >= 0.6 is 0 Å². The van der Waals surface area contributed by atoms with Gasteiger partial charge in [-0.15, -0.1) is 0 Å². The maximum absolute atomic E-state index is 11.5. The number of carbonyl (C=O) groups is 1. The van der Waals surface area contributed by atoms with E-state index in [0.717, 1.165) is 45.0 Å². The molecule has 31 heavy (non-hydrogen) atoms. The van der Waals surface area contributed by atoms with E-state index in [-0.39, 0.29) is 12.5 Å². The van der Waals surface area contributed by atoms with E-state index >= 15 is 0 Å². The van der Waals surface area contributed by atoms with Crippen molar-refractivity contribution in [1.82, 2.24) is 20.5 Å². The van der Waals surface area contributed by atoms with E-state index in [2.05, 4.69) is 51.7 Å². The van der Waals surface area contributed by atoms with Crippen molar-refractivity contribution in [2.75, 3.05) is 26.2 Å². The van der Waals surface area contributed by atoms with Crippen LogP contribution in [0.3, 0.4) is 0 Å². The third-order valence-electron chi connectivity index (χ3n) is 5.23. The van der Waals surface area contributed by atoms with Crippen LogP contribution < -0.4 is 16.4 Å². The van der Waals surface area contributed by atoms with Gasteiger partial charge in [-0.1, -0.05) is 62.9 Å². The van der Waals surface area contributed by atoms with Crippen molar-refractivity contribution in [2.24, 2.45) is 5.73 Å². The summed E-state index contributed by atoms with van der Waals surface area (Å²) in [4.78, 5) is 17.9. The minimum absolute atomic E-state index is 0.282. The highest BCUT2D eigenvalue weighted by atomic mass is 16.1. The van der Waals surface area contributed by atoms with E-state index in [1.165, 1.54) is 43.2 Å². The number of hydrogen-bond acceptors (Lipinski definition) is 5. The molecule has 0 spiro atoms. The zero-order valence-electron chi connectivity index (χ0n) is 19.0. The van der Waals surface area contributed by atoms with Crippen molar-refractivity contribution >= 4 is 5.91 Å². The number of pyridine rings is 1. The van der Waals surface area contributed by atoms with Crippen molar-refractivity contribution < 1.29 is 4.79 Å². The second-order valence-electron chi connectivity index (χ2n) is 8.08. The quantitative estimate of drug-likeness (QED) is 0.339. The molecule has 1 aromatic heterocycles. The fraction of sp³-hybridized carbons (Fsp3) is 0.520. The molecular formula is C25H39N5O. The third-order valence-corrected chi connectivity index (χ3v) is 5.23. The van der Waals surface area contributed by atoms with Gasteiger partial charge in [-0.25, -0.2) is 0 Å². The lowest BCUT2D eigenvalue weighted by molar-refractivity contribution is -0.119. The van der Waals surface area contributed by atoms with Gasteiger partial charge < -0.3 is 16.4 Å². The number of aromatic nitrogens is 1. The largest absolute Gasteiger partial charge is 0.369 e. The summed E-state index contributed by atoms with van der Waals surface area (Å²) in [5.74, 6) is -0.282. The van der Waals surface area contributed by atoms with Crippen LogP contribution in [0.1, 0.15) is 55.8 Å². The number of amides is 1. The van der Waals surface area contributed by atoms with E-state index in [1.807, 2.05) is 24.4 Å². The van der Waals surface area contributed by atoms with Crippen molar-refractivity contribution in [1.29, 1.82) is 0 Å². The molecule has 0 aliphatic rings. The van der Waals surface area contributed by atoms with Gasteiger partial charge >= 0.3 is 0 Å². The molecule has 0 aliphatic heterocycles. The van der Waals surface area contributed by atoms with Crippen LogP contribution in [0.25, 0.3) is 0 Å². The smallest absolute Gasteiger partial charge is 0.231 e. The number of nitrogens with zero attached hydrogens (tertiary/aromatic N) is 2. The molecule has 0 unspecified atom stereocenters. The lowest BCUT2D eigenvalue weighted by Crippen LogP contribution is -2.38. The number of benzene rings is 1. The summed E-state index contributed by atoms with van der Waals surface area (Å²) < 4.78 is 0. The summed E-state index contributed by atoms with van der Waals surface area (Å²) in [6, 6.07) is 14.5. The van der Waals surface area contributed by atoms with Gasteiger partial charge in [0.1, 0.15) is 0 Å². The Kier molecular flexibility index (Phi) is 12.5.